The molecule has 0 bridgehead atoms. The average molecular weight is 334 g/mol. The highest BCUT2D eigenvalue weighted by Crippen LogP contribution is 2.30. The molecule has 1 aliphatic heterocycles. The van der Waals surface area contributed by atoms with Crippen LogP contribution in [0.4, 0.5) is 17.2 Å². The van der Waals surface area contributed by atoms with E-state index in [2.05, 4.69) is 27.0 Å². The van der Waals surface area contributed by atoms with E-state index in [4.69, 9.17) is 11.6 Å². The maximum atomic E-state index is 11.3. The quantitative estimate of drug-likeness (QED) is 0.488. The number of nitrogens with zero attached hydrogens (tertiary/aromatic N) is 5. The van der Waals surface area contributed by atoms with Crippen LogP contribution in [0.15, 0.2) is 30.3 Å². The standard InChI is InChI=1S/C15H16ClN5O2/c1-11-13(21(22)23)14(18-15(16)17-11)20-9-7-19(8-10-20)12-5-3-2-4-6-12/h2-6H,7-10H2,1H3. The molecule has 1 saturated heterocycles. The summed E-state index contributed by atoms with van der Waals surface area (Å²) in [6.45, 7) is 4.39. The summed E-state index contributed by atoms with van der Waals surface area (Å²) in [6, 6.07) is 10.1. The van der Waals surface area contributed by atoms with E-state index >= 15 is 0 Å². The summed E-state index contributed by atoms with van der Waals surface area (Å²) >= 11 is 5.89. The van der Waals surface area contributed by atoms with Gasteiger partial charge in [0.2, 0.25) is 11.1 Å². The van der Waals surface area contributed by atoms with Crippen molar-refractivity contribution in [1.82, 2.24) is 9.97 Å². The van der Waals surface area contributed by atoms with Crippen LogP contribution in [0, 0.1) is 17.0 Å². The minimum atomic E-state index is -0.440. The molecule has 120 valence electrons. The van der Waals surface area contributed by atoms with Gasteiger partial charge in [0.1, 0.15) is 5.69 Å². The van der Waals surface area contributed by atoms with Crippen LogP contribution in [0.3, 0.4) is 0 Å². The fourth-order valence-corrected chi connectivity index (χ4v) is 2.97. The molecular weight excluding hydrogens is 318 g/mol. The molecule has 3 rings (SSSR count). The lowest BCUT2D eigenvalue weighted by Gasteiger charge is -2.36. The van der Waals surface area contributed by atoms with E-state index in [1.807, 2.05) is 23.1 Å². The predicted molar refractivity (Wildman–Crippen MR) is 89.3 cm³/mol. The van der Waals surface area contributed by atoms with Gasteiger partial charge in [-0.15, -0.1) is 0 Å². The number of para-hydroxylation sites is 1. The fourth-order valence-electron chi connectivity index (χ4n) is 2.77. The summed E-state index contributed by atoms with van der Waals surface area (Å²) < 4.78 is 0. The molecule has 0 aliphatic carbocycles. The minimum absolute atomic E-state index is 0.0357. The molecule has 2 heterocycles. The maximum absolute atomic E-state index is 11.3. The van der Waals surface area contributed by atoms with Gasteiger partial charge in [-0.2, -0.15) is 4.98 Å². The first-order valence-corrected chi connectivity index (χ1v) is 7.67. The monoisotopic (exact) mass is 333 g/mol. The number of halogens is 1. The molecule has 8 heteroatoms. The van der Waals surface area contributed by atoms with Crippen molar-refractivity contribution in [1.29, 1.82) is 0 Å². The van der Waals surface area contributed by atoms with Gasteiger partial charge in [0.25, 0.3) is 0 Å². The third kappa shape index (κ3) is 3.19. The van der Waals surface area contributed by atoms with E-state index in [0.29, 0.717) is 18.9 Å². The number of aromatic nitrogens is 2. The second-order valence-electron chi connectivity index (χ2n) is 5.32. The van der Waals surface area contributed by atoms with E-state index in [0.717, 1.165) is 18.8 Å². The third-order valence-electron chi connectivity index (χ3n) is 3.90. The molecule has 0 N–H and O–H groups in total. The van der Waals surface area contributed by atoms with Crippen molar-refractivity contribution in [2.75, 3.05) is 36.0 Å². The van der Waals surface area contributed by atoms with E-state index in [-0.39, 0.29) is 16.7 Å². The van der Waals surface area contributed by atoms with Gasteiger partial charge in [-0.1, -0.05) is 18.2 Å². The molecule has 0 saturated carbocycles. The van der Waals surface area contributed by atoms with Gasteiger partial charge in [0, 0.05) is 31.9 Å². The first-order chi connectivity index (χ1) is 11.1. The Hall–Kier alpha value is -2.41. The molecule has 1 aromatic carbocycles. The lowest BCUT2D eigenvalue weighted by molar-refractivity contribution is -0.385. The molecule has 0 amide bonds. The van der Waals surface area contributed by atoms with E-state index < -0.39 is 4.92 Å². The molecule has 0 atom stereocenters. The molecule has 7 nitrogen and oxygen atoms in total. The summed E-state index contributed by atoms with van der Waals surface area (Å²) in [6.07, 6.45) is 0. The number of nitro groups is 1. The number of aryl methyl sites for hydroxylation is 1. The number of anilines is 2. The fraction of sp³-hybridized carbons (Fsp3) is 0.333. The Morgan fingerprint density at radius 1 is 1.09 bits per heavy atom. The largest absolute Gasteiger partial charge is 0.368 e. The SMILES string of the molecule is Cc1nc(Cl)nc(N2CCN(c3ccccc3)CC2)c1[N+](=O)[O-]. The van der Waals surface area contributed by atoms with Gasteiger partial charge in [0.15, 0.2) is 0 Å². The summed E-state index contributed by atoms with van der Waals surface area (Å²) in [5, 5.41) is 11.4. The summed E-state index contributed by atoms with van der Waals surface area (Å²) in [4.78, 5) is 23.0. The maximum Gasteiger partial charge on any atom is 0.332 e. The van der Waals surface area contributed by atoms with E-state index in [1.165, 1.54) is 0 Å². The van der Waals surface area contributed by atoms with Gasteiger partial charge in [0.05, 0.1) is 4.92 Å². The van der Waals surface area contributed by atoms with Crippen molar-refractivity contribution in [2.24, 2.45) is 0 Å². The number of rotatable bonds is 3. The van der Waals surface area contributed by atoms with Crippen molar-refractivity contribution in [2.45, 2.75) is 6.92 Å². The van der Waals surface area contributed by atoms with Crippen molar-refractivity contribution < 1.29 is 4.92 Å². The zero-order valence-electron chi connectivity index (χ0n) is 12.6. The second-order valence-corrected chi connectivity index (χ2v) is 5.66. The normalized spacial score (nSPS) is 14.9. The van der Waals surface area contributed by atoms with E-state index in [9.17, 15) is 10.1 Å². The Kier molecular flexibility index (Phi) is 4.29. The van der Waals surface area contributed by atoms with Crippen molar-refractivity contribution in [3.05, 3.63) is 51.4 Å². The molecule has 0 spiro atoms. The van der Waals surface area contributed by atoms with Crippen molar-refractivity contribution >= 4 is 28.8 Å². The van der Waals surface area contributed by atoms with Gasteiger partial charge in [-0.05, 0) is 30.7 Å². The number of benzene rings is 1. The molecule has 23 heavy (non-hydrogen) atoms. The predicted octanol–water partition coefficient (Wildman–Crippen LogP) is 2.67. The van der Waals surface area contributed by atoms with Crippen LogP contribution >= 0.6 is 11.6 Å². The van der Waals surface area contributed by atoms with Crippen LogP contribution in [-0.4, -0.2) is 41.1 Å². The smallest absolute Gasteiger partial charge is 0.332 e. The van der Waals surface area contributed by atoms with Gasteiger partial charge >= 0.3 is 5.69 Å². The molecule has 1 fully saturated rings. The average Bonchev–Trinajstić information content (AvgIpc) is 2.54. The highest BCUT2D eigenvalue weighted by atomic mass is 35.5. The van der Waals surface area contributed by atoms with Crippen molar-refractivity contribution in [3.8, 4) is 0 Å². The Morgan fingerprint density at radius 2 is 1.70 bits per heavy atom. The summed E-state index contributed by atoms with van der Waals surface area (Å²) in [5.74, 6) is 0.306. The van der Waals surface area contributed by atoms with Gasteiger partial charge in [-0.3, -0.25) is 10.1 Å². The second kappa shape index (κ2) is 6.37. The van der Waals surface area contributed by atoms with E-state index in [1.54, 1.807) is 6.92 Å². The zero-order chi connectivity index (χ0) is 16.4. The third-order valence-corrected chi connectivity index (χ3v) is 4.06. The zero-order valence-corrected chi connectivity index (χ0v) is 13.4. The van der Waals surface area contributed by atoms with Gasteiger partial charge in [-0.25, -0.2) is 4.98 Å². The highest BCUT2D eigenvalue weighted by Gasteiger charge is 2.28. The summed E-state index contributed by atoms with van der Waals surface area (Å²) in [5.41, 5.74) is 1.37. The minimum Gasteiger partial charge on any atom is -0.368 e. The first-order valence-electron chi connectivity index (χ1n) is 7.29. The van der Waals surface area contributed by atoms with Crippen LogP contribution in [0.5, 0.6) is 0 Å². The van der Waals surface area contributed by atoms with Crippen molar-refractivity contribution in [3.63, 3.8) is 0 Å². The number of hydrogen-bond donors (Lipinski definition) is 0. The Bertz CT molecular complexity index is 717. The van der Waals surface area contributed by atoms with Crippen LogP contribution in [0.2, 0.25) is 5.28 Å². The van der Waals surface area contributed by atoms with Crippen LogP contribution < -0.4 is 9.80 Å². The molecule has 0 unspecified atom stereocenters. The van der Waals surface area contributed by atoms with Crippen LogP contribution in [0.25, 0.3) is 0 Å². The molecule has 1 aliphatic rings. The first kappa shape index (κ1) is 15.5. The van der Waals surface area contributed by atoms with Crippen LogP contribution in [-0.2, 0) is 0 Å². The topological polar surface area (TPSA) is 75.4 Å². The molecular formula is C15H16ClN5O2. The summed E-state index contributed by atoms with van der Waals surface area (Å²) in [7, 11) is 0. The number of piperazine rings is 1. The lowest BCUT2D eigenvalue weighted by atomic mass is 10.2. The molecule has 2 aromatic rings. The van der Waals surface area contributed by atoms with Gasteiger partial charge < -0.3 is 9.80 Å². The van der Waals surface area contributed by atoms with Crippen LogP contribution in [0.1, 0.15) is 5.69 Å². The Labute approximate surface area is 138 Å². The molecule has 0 radical (unpaired) electrons. The lowest BCUT2D eigenvalue weighted by Crippen LogP contribution is -2.47. The Morgan fingerprint density at radius 3 is 2.30 bits per heavy atom. The molecule has 1 aromatic heterocycles. The highest BCUT2D eigenvalue weighted by molar-refractivity contribution is 6.28. The number of hydrogen-bond acceptors (Lipinski definition) is 6. The Balaban J connectivity index is 1.82.